The van der Waals surface area contributed by atoms with E-state index in [0.717, 1.165) is 16.9 Å². The van der Waals surface area contributed by atoms with E-state index in [1.165, 1.54) is 12.1 Å². The number of ether oxygens (including phenoxy) is 2. The highest BCUT2D eigenvalue weighted by atomic mass is 19.1. The summed E-state index contributed by atoms with van der Waals surface area (Å²) in [6.07, 6.45) is 0. The molecule has 2 nitrogen and oxygen atoms in total. The fourth-order valence-electron chi connectivity index (χ4n) is 1.61. The highest BCUT2D eigenvalue weighted by molar-refractivity contribution is 5.33. The lowest BCUT2D eigenvalue weighted by Gasteiger charge is -2.09. The summed E-state index contributed by atoms with van der Waals surface area (Å²) < 4.78 is 23.7. The zero-order chi connectivity index (χ0) is 13.0. The molecule has 0 saturated heterocycles. The third kappa shape index (κ3) is 3.00. The fourth-order valence-corrected chi connectivity index (χ4v) is 1.61. The molecule has 0 aliphatic heterocycles. The van der Waals surface area contributed by atoms with Gasteiger partial charge in [-0.1, -0.05) is 18.2 Å². The quantitative estimate of drug-likeness (QED) is 0.818. The maximum atomic E-state index is 13.1. The first-order valence-electron chi connectivity index (χ1n) is 5.71. The Labute approximate surface area is 106 Å². The molecule has 0 aromatic heterocycles. The monoisotopic (exact) mass is 246 g/mol. The Bertz CT molecular complexity index is 521. The van der Waals surface area contributed by atoms with Gasteiger partial charge in [-0.2, -0.15) is 0 Å². The fraction of sp³-hybridized carbons (Fsp3) is 0.200. The molecule has 2 aromatic carbocycles. The topological polar surface area (TPSA) is 18.5 Å². The summed E-state index contributed by atoms with van der Waals surface area (Å²) in [7, 11) is 1.63. The molecule has 0 amide bonds. The van der Waals surface area contributed by atoms with Gasteiger partial charge in [0.15, 0.2) is 0 Å². The zero-order valence-corrected chi connectivity index (χ0v) is 10.4. The van der Waals surface area contributed by atoms with Crippen molar-refractivity contribution < 1.29 is 13.9 Å². The van der Waals surface area contributed by atoms with Crippen LogP contribution in [0.2, 0.25) is 0 Å². The third-order valence-electron chi connectivity index (χ3n) is 2.70. The second-order valence-electron chi connectivity index (χ2n) is 4.05. The Morgan fingerprint density at radius 2 is 1.78 bits per heavy atom. The molecule has 0 spiro atoms. The molecule has 0 saturated carbocycles. The molecule has 0 fully saturated rings. The first kappa shape index (κ1) is 12.4. The summed E-state index contributed by atoms with van der Waals surface area (Å²) in [5.41, 5.74) is 1.93. The summed E-state index contributed by atoms with van der Waals surface area (Å²) in [5.74, 6) is 1.09. The standard InChI is InChI=1S/C15H15FO2/c1-11-3-6-13(16)9-15(11)18-10-12-4-7-14(17-2)8-5-12/h3-9H,10H2,1-2H3. The lowest BCUT2D eigenvalue weighted by Crippen LogP contribution is -1.97. The van der Waals surface area contributed by atoms with Gasteiger partial charge in [-0.3, -0.25) is 0 Å². The normalized spacial score (nSPS) is 10.2. The van der Waals surface area contributed by atoms with Crippen molar-refractivity contribution in [2.45, 2.75) is 13.5 Å². The Morgan fingerprint density at radius 3 is 2.44 bits per heavy atom. The van der Waals surface area contributed by atoms with Gasteiger partial charge >= 0.3 is 0 Å². The number of hydrogen-bond acceptors (Lipinski definition) is 2. The summed E-state index contributed by atoms with van der Waals surface area (Å²) in [4.78, 5) is 0. The third-order valence-corrected chi connectivity index (χ3v) is 2.70. The van der Waals surface area contributed by atoms with E-state index in [9.17, 15) is 4.39 Å². The summed E-state index contributed by atoms with van der Waals surface area (Å²) in [5, 5.41) is 0. The predicted octanol–water partition coefficient (Wildman–Crippen LogP) is 3.72. The smallest absolute Gasteiger partial charge is 0.126 e. The molecule has 3 heteroatoms. The predicted molar refractivity (Wildman–Crippen MR) is 68.5 cm³/mol. The molecule has 0 N–H and O–H groups in total. The van der Waals surface area contributed by atoms with Crippen LogP contribution in [-0.4, -0.2) is 7.11 Å². The van der Waals surface area contributed by atoms with Gasteiger partial charge in [-0.25, -0.2) is 4.39 Å². The Morgan fingerprint density at radius 1 is 1.06 bits per heavy atom. The van der Waals surface area contributed by atoms with Gasteiger partial charge in [0.1, 0.15) is 23.9 Å². The SMILES string of the molecule is COc1ccc(COc2cc(F)ccc2C)cc1. The van der Waals surface area contributed by atoms with Crippen LogP contribution >= 0.6 is 0 Å². The van der Waals surface area contributed by atoms with Gasteiger partial charge in [-0.15, -0.1) is 0 Å². The van der Waals surface area contributed by atoms with Crippen LogP contribution in [0.1, 0.15) is 11.1 Å². The number of benzene rings is 2. The molecule has 0 heterocycles. The molecule has 0 unspecified atom stereocenters. The highest BCUT2D eigenvalue weighted by Gasteiger charge is 2.02. The molecule has 2 aromatic rings. The average molecular weight is 246 g/mol. The molecule has 0 atom stereocenters. The van der Waals surface area contributed by atoms with E-state index in [4.69, 9.17) is 9.47 Å². The van der Waals surface area contributed by atoms with Crippen LogP contribution in [-0.2, 0) is 6.61 Å². The molecule has 2 rings (SSSR count). The van der Waals surface area contributed by atoms with Crippen molar-refractivity contribution >= 4 is 0 Å². The van der Waals surface area contributed by atoms with Crippen molar-refractivity contribution in [1.82, 2.24) is 0 Å². The van der Waals surface area contributed by atoms with Gasteiger partial charge in [0.25, 0.3) is 0 Å². The molecule has 0 aliphatic carbocycles. The van der Waals surface area contributed by atoms with Crippen molar-refractivity contribution in [3.05, 3.63) is 59.4 Å². The average Bonchev–Trinajstić information content (AvgIpc) is 2.40. The zero-order valence-electron chi connectivity index (χ0n) is 10.4. The molecule has 94 valence electrons. The summed E-state index contributed by atoms with van der Waals surface area (Å²) in [6, 6.07) is 12.1. The Kier molecular flexibility index (Phi) is 3.82. The molecule has 0 bridgehead atoms. The second-order valence-corrected chi connectivity index (χ2v) is 4.05. The van der Waals surface area contributed by atoms with Crippen LogP contribution in [0, 0.1) is 12.7 Å². The number of halogens is 1. The van der Waals surface area contributed by atoms with Crippen LogP contribution in [0.25, 0.3) is 0 Å². The lowest BCUT2D eigenvalue weighted by molar-refractivity contribution is 0.302. The van der Waals surface area contributed by atoms with E-state index >= 15 is 0 Å². The van der Waals surface area contributed by atoms with Crippen molar-refractivity contribution in [3.63, 3.8) is 0 Å². The maximum absolute atomic E-state index is 13.1. The molecule has 0 radical (unpaired) electrons. The van der Waals surface area contributed by atoms with Crippen LogP contribution in [0.3, 0.4) is 0 Å². The van der Waals surface area contributed by atoms with E-state index in [0.29, 0.717) is 12.4 Å². The minimum absolute atomic E-state index is 0.287. The van der Waals surface area contributed by atoms with Gasteiger partial charge in [-0.05, 0) is 36.2 Å². The number of hydrogen-bond donors (Lipinski definition) is 0. The number of methoxy groups -OCH3 is 1. The van der Waals surface area contributed by atoms with Gasteiger partial charge in [0.05, 0.1) is 7.11 Å². The van der Waals surface area contributed by atoms with Crippen LogP contribution in [0.4, 0.5) is 4.39 Å². The van der Waals surface area contributed by atoms with Gasteiger partial charge in [0.2, 0.25) is 0 Å². The molecular formula is C15H15FO2. The minimum atomic E-state index is -0.287. The van der Waals surface area contributed by atoms with Crippen molar-refractivity contribution in [2.24, 2.45) is 0 Å². The van der Waals surface area contributed by atoms with Gasteiger partial charge in [0, 0.05) is 6.07 Å². The minimum Gasteiger partial charge on any atom is -0.497 e. The molecule has 0 aliphatic rings. The van der Waals surface area contributed by atoms with E-state index < -0.39 is 0 Å². The number of rotatable bonds is 4. The Balaban J connectivity index is 2.04. The van der Waals surface area contributed by atoms with E-state index in [2.05, 4.69) is 0 Å². The van der Waals surface area contributed by atoms with Crippen LogP contribution in [0.5, 0.6) is 11.5 Å². The lowest BCUT2D eigenvalue weighted by atomic mass is 10.2. The van der Waals surface area contributed by atoms with Crippen molar-refractivity contribution in [2.75, 3.05) is 7.11 Å². The Hall–Kier alpha value is -2.03. The van der Waals surface area contributed by atoms with E-state index in [1.807, 2.05) is 31.2 Å². The summed E-state index contributed by atoms with van der Waals surface area (Å²) >= 11 is 0. The largest absolute Gasteiger partial charge is 0.497 e. The van der Waals surface area contributed by atoms with Crippen molar-refractivity contribution in [3.8, 4) is 11.5 Å². The van der Waals surface area contributed by atoms with Crippen LogP contribution in [0.15, 0.2) is 42.5 Å². The first-order chi connectivity index (χ1) is 8.69. The molecular weight excluding hydrogens is 231 g/mol. The van der Waals surface area contributed by atoms with Crippen molar-refractivity contribution in [1.29, 1.82) is 0 Å². The van der Waals surface area contributed by atoms with Gasteiger partial charge < -0.3 is 9.47 Å². The molecule has 18 heavy (non-hydrogen) atoms. The summed E-state index contributed by atoms with van der Waals surface area (Å²) in [6.45, 7) is 2.30. The first-order valence-corrected chi connectivity index (χ1v) is 5.71. The number of aryl methyl sites for hydroxylation is 1. The van der Waals surface area contributed by atoms with Crippen LogP contribution < -0.4 is 9.47 Å². The maximum Gasteiger partial charge on any atom is 0.126 e. The van der Waals surface area contributed by atoms with E-state index in [-0.39, 0.29) is 5.82 Å². The second kappa shape index (κ2) is 5.54. The highest BCUT2D eigenvalue weighted by Crippen LogP contribution is 2.20. The van der Waals surface area contributed by atoms with E-state index in [1.54, 1.807) is 13.2 Å².